The van der Waals surface area contributed by atoms with Crippen LogP contribution in [-0.4, -0.2) is 25.0 Å². The van der Waals surface area contributed by atoms with Crippen LogP contribution in [0.2, 0.25) is 10.0 Å². The Morgan fingerprint density at radius 2 is 1.85 bits per heavy atom. The van der Waals surface area contributed by atoms with E-state index >= 15 is 0 Å². The van der Waals surface area contributed by atoms with E-state index in [1.807, 2.05) is 0 Å². The Hall–Kier alpha value is -1.69. The number of ether oxygens (including phenoxy) is 1. The van der Waals surface area contributed by atoms with Crippen molar-refractivity contribution >= 4 is 29.1 Å². The van der Waals surface area contributed by atoms with Gasteiger partial charge in [0.2, 0.25) is 0 Å². The molecule has 2 rings (SSSR count). The summed E-state index contributed by atoms with van der Waals surface area (Å²) in [4.78, 5) is 11.7. The van der Waals surface area contributed by atoms with Gasteiger partial charge >= 0.3 is 5.91 Å². The van der Waals surface area contributed by atoms with Crippen molar-refractivity contribution in [2.24, 2.45) is 0 Å². The third kappa shape index (κ3) is 3.90. The summed E-state index contributed by atoms with van der Waals surface area (Å²) in [7, 11) is 3.40. The van der Waals surface area contributed by atoms with Crippen LogP contribution in [0.15, 0.2) is 34.7 Å². The summed E-state index contributed by atoms with van der Waals surface area (Å²) in [5.41, 5.74) is 2.56. The fourth-order valence-electron chi connectivity index (χ4n) is 1.46. The number of amides is 1. The van der Waals surface area contributed by atoms with Crippen LogP contribution < -0.4 is 10.2 Å². The molecule has 0 saturated carbocycles. The van der Waals surface area contributed by atoms with Crippen molar-refractivity contribution in [1.29, 1.82) is 0 Å². The van der Waals surface area contributed by atoms with Crippen LogP contribution in [0.1, 0.15) is 10.6 Å². The van der Waals surface area contributed by atoms with Gasteiger partial charge in [0.25, 0.3) is 5.95 Å². The van der Waals surface area contributed by atoms with E-state index in [4.69, 9.17) is 32.4 Å². The summed E-state index contributed by atoms with van der Waals surface area (Å²) in [6.07, 6.45) is 0. The molecule has 0 radical (unpaired) electrons. The zero-order valence-corrected chi connectivity index (χ0v) is 12.3. The topological polar surface area (TPSA) is 54.7 Å². The van der Waals surface area contributed by atoms with Gasteiger partial charge < -0.3 is 9.15 Å². The van der Waals surface area contributed by atoms with Gasteiger partial charge in [-0.1, -0.05) is 23.2 Å². The number of carbonyl (C=O) groups is 1. The second-order valence-electron chi connectivity index (χ2n) is 4.16. The van der Waals surface area contributed by atoms with E-state index in [-0.39, 0.29) is 17.6 Å². The zero-order chi connectivity index (χ0) is 14.7. The van der Waals surface area contributed by atoms with E-state index in [0.717, 1.165) is 0 Å². The first kappa shape index (κ1) is 14.7. The number of rotatable bonds is 4. The molecule has 2 aromatic rings. The molecule has 0 aliphatic rings. The molecule has 106 valence electrons. The summed E-state index contributed by atoms with van der Waals surface area (Å²) in [6, 6.07) is 7.83. The number of nitrogens with one attached hydrogen (secondary N) is 1. The van der Waals surface area contributed by atoms with Gasteiger partial charge in [-0.15, -0.1) is 0 Å². The third-order valence-electron chi connectivity index (χ3n) is 2.18. The normalized spacial score (nSPS) is 10.7. The number of carbonyl (C=O) groups excluding carboxylic acids is 1. The fourth-order valence-corrected chi connectivity index (χ4v) is 1.96. The molecule has 0 bridgehead atoms. The van der Waals surface area contributed by atoms with Crippen molar-refractivity contribution in [1.82, 2.24) is 10.4 Å². The number of furan rings is 1. The van der Waals surface area contributed by atoms with Gasteiger partial charge in [0.15, 0.2) is 5.76 Å². The van der Waals surface area contributed by atoms with Gasteiger partial charge in [-0.05, 0) is 24.3 Å². The first-order chi connectivity index (χ1) is 9.44. The molecule has 1 heterocycles. The lowest BCUT2D eigenvalue weighted by Gasteiger charge is -2.09. The minimum atomic E-state index is -0.367. The van der Waals surface area contributed by atoms with Crippen molar-refractivity contribution in [3.05, 3.63) is 46.1 Å². The van der Waals surface area contributed by atoms with Crippen molar-refractivity contribution in [2.75, 3.05) is 14.1 Å². The van der Waals surface area contributed by atoms with E-state index in [9.17, 15) is 4.79 Å². The molecule has 1 aromatic carbocycles. The maximum absolute atomic E-state index is 11.7. The molecule has 20 heavy (non-hydrogen) atoms. The minimum absolute atomic E-state index is 0.141. The predicted octanol–water partition coefficient (Wildman–Crippen LogP) is 3.59. The molecule has 1 amide bonds. The molecule has 0 atom stereocenters. The number of halogens is 2. The van der Waals surface area contributed by atoms with Crippen molar-refractivity contribution in [3.63, 3.8) is 0 Å². The standard InChI is InChI=1S/C13H12Cl2N2O3/c1-17(2)16-13(18)11-3-4-12(20-11)19-10-6-8(14)5-9(15)7-10/h3-7H,1-2H3,(H,16,18). The van der Waals surface area contributed by atoms with E-state index in [1.165, 1.54) is 11.1 Å². The molecule has 0 spiro atoms. The summed E-state index contributed by atoms with van der Waals surface area (Å²) >= 11 is 11.7. The highest BCUT2D eigenvalue weighted by atomic mass is 35.5. The largest absolute Gasteiger partial charge is 0.426 e. The van der Waals surface area contributed by atoms with Crippen LogP contribution in [0.5, 0.6) is 11.7 Å². The first-order valence-electron chi connectivity index (χ1n) is 5.66. The van der Waals surface area contributed by atoms with Gasteiger partial charge in [0.05, 0.1) is 0 Å². The highest BCUT2D eigenvalue weighted by Crippen LogP contribution is 2.29. The van der Waals surface area contributed by atoms with Gasteiger partial charge in [-0.25, -0.2) is 5.01 Å². The van der Waals surface area contributed by atoms with Crippen molar-refractivity contribution in [3.8, 4) is 11.7 Å². The first-order valence-corrected chi connectivity index (χ1v) is 6.42. The molecule has 0 aliphatic carbocycles. The Morgan fingerprint density at radius 3 is 2.45 bits per heavy atom. The minimum Gasteiger partial charge on any atom is -0.426 e. The molecule has 1 aromatic heterocycles. The van der Waals surface area contributed by atoms with Crippen LogP contribution in [0.25, 0.3) is 0 Å². The van der Waals surface area contributed by atoms with Gasteiger partial charge in [-0.2, -0.15) is 0 Å². The number of nitrogens with zero attached hydrogens (tertiary/aromatic N) is 1. The smallest absolute Gasteiger partial charge is 0.301 e. The Kier molecular flexibility index (Phi) is 4.54. The van der Waals surface area contributed by atoms with Gasteiger partial charge in [0, 0.05) is 30.2 Å². The van der Waals surface area contributed by atoms with Gasteiger partial charge in [0.1, 0.15) is 5.75 Å². The molecule has 5 nitrogen and oxygen atoms in total. The predicted molar refractivity (Wildman–Crippen MR) is 76.4 cm³/mol. The van der Waals surface area contributed by atoms with Crippen molar-refractivity contribution in [2.45, 2.75) is 0 Å². The second kappa shape index (κ2) is 6.17. The lowest BCUT2D eigenvalue weighted by Crippen LogP contribution is -2.35. The lowest BCUT2D eigenvalue weighted by atomic mass is 10.3. The SMILES string of the molecule is CN(C)NC(=O)c1ccc(Oc2cc(Cl)cc(Cl)c2)o1. The van der Waals surface area contributed by atoms with Crippen LogP contribution in [0.4, 0.5) is 0 Å². The number of benzene rings is 1. The molecule has 1 N–H and O–H groups in total. The molecule has 0 saturated heterocycles. The summed E-state index contributed by atoms with van der Waals surface area (Å²) in [6.45, 7) is 0. The van der Waals surface area contributed by atoms with Gasteiger partial charge in [-0.3, -0.25) is 10.2 Å². The Labute approximate surface area is 126 Å². The van der Waals surface area contributed by atoms with E-state index < -0.39 is 0 Å². The lowest BCUT2D eigenvalue weighted by molar-refractivity contribution is 0.0822. The Balaban J connectivity index is 2.11. The van der Waals surface area contributed by atoms with Crippen LogP contribution in [0, 0.1) is 0 Å². The quantitative estimate of drug-likeness (QED) is 0.876. The molecular weight excluding hydrogens is 303 g/mol. The molecule has 0 fully saturated rings. The maximum Gasteiger partial charge on any atom is 0.301 e. The Bertz CT molecular complexity index is 606. The van der Waals surface area contributed by atoms with E-state index in [2.05, 4.69) is 5.43 Å². The number of hydrogen-bond donors (Lipinski definition) is 1. The fraction of sp³-hybridized carbons (Fsp3) is 0.154. The second-order valence-corrected chi connectivity index (χ2v) is 5.03. The van der Waals surface area contributed by atoms with Crippen molar-refractivity contribution < 1.29 is 13.9 Å². The van der Waals surface area contributed by atoms with E-state index in [1.54, 1.807) is 38.4 Å². The van der Waals surface area contributed by atoms with Crippen LogP contribution in [-0.2, 0) is 0 Å². The summed E-state index contributed by atoms with van der Waals surface area (Å²) in [5.74, 6) is 0.374. The highest BCUT2D eigenvalue weighted by Gasteiger charge is 2.13. The average molecular weight is 315 g/mol. The summed E-state index contributed by atoms with van der Waals surface area (Å²) < 4.78 is 10.7. The number of hydrogen-bond acceptors (Lipinski definition) is 4. The maximum atomic E-state index is 11.7. The summed E-state index contributed by atoms with van der Waals surface area (Å²) in [5, 5.41) is 2.41. The molecule has 0 unspecified atom stereocenters. The highest BCUT2D eigenvalue weighted by molar-refractivity contribution is 6.34. The third-order valence-corrected chi connectivity index (χ3v) is 2.62. The molecular formula is C13H12Cl2N2O3. The average Bonchev–Trinajstić information content (AvgIpc) is 2.75. The van der Waals surface area contributed by atoms with Crippen LogP contribution in [0.3, 0.4) is 0 Å². The van der Waals surface area contributed by atoms with Crippen LogP contribution >= 0.6 is 23.2 Å². The monoisotopic (exact) mass is 314 g/mol. The number of hydrazine groups is 1. The van der Waals surface area contributed by atoms with E-state index in [0.29, 0.717) is 15.8 Å². The Morgan fingerprint density at radius 1 is 1.20 bits per heavy atom. The zero-order valence-electron chi connectivity index (χ0n) is 10.8. The molecule has 0 aliphatic heterocycles. The molecule has 7 heteroatoms.